The van der Waals surface area contributed by atoms with Gasteiger partial charge in [-0.2, -0.15) is 0 Å². The molecule has 12 heteroatoms. The molecule has 0 aliphatic carbocycles. The lowest BCUT2D eigenvalue weighted by molar-refractivity contribution is -0.143. The van der Waals surface area contributed by atoms with Crippen LogP contribution < -0.4 is 27.4 Å². The van der Waals surface area contributed by atoms with Gasteiger partial charge in [-0.3, -0.25) is 19.2 Å². The molecule has 0 aliphatic heterocycles. The summed E-state index contributed by atoms with van der Waals surface area (Å²) in [6.45, 7) is 6.84. The first-order valence-electron chi connectivity index (χ1n) is 11.7. The summed E-state index contributed by atoms with van der Waals surface area (Å²) in [7, 11) is 0. The van der Waals surface area contributed by atoms with E-state index in [0.29, 0.717) is 5.56 Å². The van der Waals surface area contributed by atoms with E-state index in [-0.39, 0.29) is 30.9 Å². The molecule has 200 valence electrons. The Morgan fingerprint density at radius 1 is 0.833 bits per heavy atom. The Balaban J connectivity index is 3.09. The molecule has 0 heterocycles. The third-order valence-corrected chi connectivity index (χ3v) is 5.57. The van der Waals surface area contributed by atoms with Gasteiger partial charge in [0.05, 0.1) is 6.04 Å². The van der Waals surface area contributed by atoms with E-state index in [1.54, 1.807) is 39.8 Å². The van der Waals surface area contributed by atoms with Gasteiger partial charge in [0.1, 0.15) is 23.9 Å². The fraction of sp³-hybridized carbons (Fsp3) is 0.542. The Kier molecular flexibility index (Phi) is 11.8. The zero-order valence-corrected chi connectivity index (χ0v) is 21.0. The molecule has 36 heavy (non-hydrogen) atoms. The van der Waals surface area contributed by atoms with Gasteiger partial charge in [-0.1, -0.05) is 39.8 Å². The topological polar surface area (TPSA) is 214 Å². The first-order chi connectivity index (χ1) is 16.7. The summed E-state index contributed by atoms with van der Waals surface area (Å²) in [5.41, 5.74) is 11.6. The smallest absolute Gasteiger partial charge is 0.326 e. The van der Waals surface area contributed by atoms with Crippen LogP contribution in [-0.2, 0) is 30.4 Å². The molecule has 0 aromatic heterocycles. The first-order valence-corrected chi connectivity index (χ1v) is 11.7. The van der Waals surface area contributed by atoms with Crippen LogP contribution in [0.5, 0.6) is 5.75 Å². The molecule has 4 atom stereocenters. The van der Waals surface area contributed by atoms with Crippen molar-refractivity contribution in [2.75, 3.05) is 0 Å². The second-order valence-corrected chi connectivity index (χ2v) is 9.34. The number of benzene rings is 1. The quantitative estimate of drug-likeness (QED) is 0.172. The van der Waals surface area contributed by atoms with Crippen LogP contribution in [0.15, 0.2) is 24.3 Å². The molecule has 1 rings (SSSR count). The van der Waals surface area contributed by atoms with Crippen LogP contribution in [0.4, 0.5) is 0 Å². The Hall–Kier alpha value is -3.67. The van der Waals surface area contributed by atoms with E-state index in [4.69, 9.17) is 11.5 Å². The highest BCUT2D eigenvalue weighted by atomic mass is 16.4. The number of hydrogen-bond acceptors (Lipinski definition) is 7. The maximum Gasteiger partial charge on any atom is 0.326 e. The zero-order chi connectivity index (χ0) is 27.6. The number of phenols is 1. The van der Waals surface area contributed by atoms with Gasteiger partial charge < -0.3 is 37.6 Å². The van der Waals surface area contributed by atoms with Crippen LogP contribution >= 0.6 is 0 Å². The van der Waals surface area contributed by atoms with Crippen LogP contribution in [0.25, 0.3) is 0 Å². The Labute approximate surface area is 210 Å². The number of rotatable bonds is 14. The lowest BCUT2D eigenvalue weighted by Gasteiger charge is -2.27. The monoisotopic (exact) mass is 507 g/mol. The minimum absolute atomic E-state index is 0.0338. The van der Waals surface area contributed by atoms with E-state index in [2.05, 4.69) is 16.0 Å². The van der Waals surface area contributed by atoms with Crippen molar-refractivity contribution < 1.29 is 34.2 Å². The molecule has 0 spiro atoms. The van der Waals surface area contributed by atoms with Crippen LogP contribution in [0.1, 0.15) is 46.1 Å². The highest BCUT2D eigenvalue weighted by molar-refractivity contribution is 5.94. The zero-order valence-electron chi connectivity index (χ0n) is 21.0. The number of hydrogen-bond donors (Lipinski definition) is 7. The fourth-order valence-electron chi connectivity index (χ4n) is 3.24. The van der Waals surface area contributed by atoms with Gasteiger partial charge >= 0.3 is 5.97 Å². The molecule has 0 bridgehead atoms. The second-order valence-electron chi connectivity index (χ2n) is 9.34. The van der Waals surface area contributed by atoms with Crippen LogP contribution in [0.3, 0.4) is 0 Å². The van der Waals surface area contributed by atoms with Crippen LogP contribution in [-0.4, -0.2) is 64.0 Å². The minimum atomic E-state index is -1.38. The number of carbonyl (C=O) groups excluding carboxylic acids is 4. The Bertz CT molecular complexity index is 933. The van der Waals surface area contributed by atoms with Gasteiger partial charge in [0.15, 0.2) is 0 Å². The van der Waals surface area contributed by atoms with E-state index in [1.807, 2.05) is 0 Å². The Morgan fingerprint density at radius 2 is 1.39 bits per heavy atom. The largest absolute Gasteiger partial charge is 0.508 e. The molecule has 0 aliphatic rings. The molecule has 0 fully saturated rings. The van der Waals surface area contributed by atoms with E-state index in [9.17, 15) is 34.2 Å². The van der Waals surface area contributed by atoms with E-state index in [0.717, 1.165) is 0 Å². The number of carboxylic acid groups (broad SMARTS) is 1. The molecule has 0 radical (unpaired) electrons. The molecule has 0 saturated carbocycles. The summed E-state index contributed by atoms with van der Waals surface area (Å²) >= 11 is 0. The van der Waals surface area contributed by atoms with Crippen molar-refractivity contribution in [1.82, 2.24) is 16.0 Å². The number of aliphatic carboxylic acids is 1. The molecule has 12 nitrogen and oxygen atoms in total. The number of phenolic OH excluding ortho intramolecular Hbond substituents is 1. The predicted molar refractivity (Wildman–Crippen MR) is 131 cm³/mol. The summed E-state index contributed by atoms with van der Waals surface area (Å²) in [5, 5.41) is 26.4. The molecule has 0 saturated heterocycles. The number of nitrogens with two attached hydrogens (primary N) is 2. The van der Waals surface area contributed by atoms with E-state index in [1.165, 1.54) is 12.1 Å². The van der Waals surface area contributed by atoms with Crippen molar-refractivity contribution in [3.63, 3.8) is 0 Å². The summed E-state index contributed by atoms with van der Waals surface area (Å²) in [5.74, 6) is -4.64. The fourth-order valence-corrected chi connectivity index (χ4v) is 3.24. The number of primary amides is 1. The molecular weight excluding hydrogens is 470 g/mol. The molecule has 1 aromatic rings. The summed E-state index contributed by atoms with van der Waals surface area (Å²) in [6.07, 6.45) is -0.403. The molecule has 4 unspecified atom stereocenters. The van der Waals surface area contributed by atoms with Crippen molar-refractivity contribution >= 4 is 29.6 Å². The lowest BCUT2D eigenvalue weighted by Crippen LogP contribution is -2.59. The minimum Gasteiger partial charge on any atom is -0.508 e. The van der Waals surface area contributed by atoms with Gasteiger partial charge in [-0.25, -0.2) is 4.79 Å². The number of amides is 4. The first kappa shape index (κ1) is 30.4. The van der Waals surface area contributed by atoms with Gasteiger partial charge in [0.2, 0.25) is 23.6 Å². The van der Waals surface area contributed by atoms with E-state index < -0.39 is 59.7 Å². The van der Waals surface area contributed by atoms with Crippen LogP contribution in [0, 0.1) is 11.8 Å². The summed E-state index contributed by atoms with van der Waals surface area (Å²) in [6, 6.07) is 1.57. The highest BCUT2D eigenvalue weighted by Crippen LogP contribution is 2.13. The third-order valence-electron chi connectivity index (χ3n) is 5.57. The molecule has 1 aromatic carbocycles. The standard InChI is InChI=1S/C24H37N5O7/c1-12(2)19(26)22(33)28-17(11-14-5-7-15(30)8-6-14)21(32)29-20(13(3)4)23(34)27-16(24(35)36)9-10-18(25)31/h5-8,12-13,16-17,19-20,30H,9-11,26H2,1-4H3,(H2,25,31)(H,27,34)(H,28,33)(H,29,32)(H,35,36). The number of carboxylic acids is 1. The molecule has 9 N–H and O–H groups in total. The van der Waals surface area contributed by atoms with Gasteiger partial charge in [0.25, 0.3) is 0 Å². The number of nitrogens with one attached hydrogen (secondary N) is 3. The molecular formula is C24H37N5O7. The average molecular weight is 508 g/mol. The van der Waals surface area contributed by atoms with Crippen molar-refractivity contribution in [2.24, 2.45) is 23.3 Å². The average Bonchev–Trinajstić information content (AvgIpc) is 2.79. The van der Waals surface area contributed by atoms with Crippen molar-refractivity contribution in [1.29, 1.82) is 0 Å². The number of aromatic hydroxyl groups is 1. The predicted octanol–water partition coefficient (Wildman–Crippen LogP) is -0.621. The number of carbonyl (C=O) groups is 5. The van der Waals surface area contributed by atoms with E-state index >= 15 is 0 Å². The second kappa shape index (κ2) is 14.0. The van der Waals surface area contributed by atoms with Gasteiger partial charge in [-0.05, 0) is 36.0 Å². The lowest BCUT2D eigenvalue weighted by atomic mass is 9.99. The highest BCUT2D eigenvalue weighted by Gasteiger charge is 2.32. The van der Waals surface area contributed by atoms with Gasteiger partial charge in [-0.15, -0.1) is 0 Å². The van der Waals surface area contributed by atoms with Crippen LogP contribution in [0.2, 0.25) is 0 Å². The third kappa shape index (κ3) is 9.90. The van der Waals surface area contributed by atoms with Crippen molar-refractivity contribution in [3.8, 4) is 5.75 Å². The SMILES string of the molecule is CC(C)C(N)C(=O)NC(Cc1ccc(O)cc1)C(=O)NC(C(=O)NC(CCC(N)=O)C(=O)O)C(C)C. The molecule has 4 amide bonds. The van der Waals surface area contributed by atoms with Gasteiger partial charge in [0, 0.05) is 12.8 Å². The summed E-state index contributed by atoms with van der Waals surface area (Å²) in [4.78, 5) is 61.2. The van der Waals surface area contributed by atoms with Crippen molar-refractivity contribution in [2.45, 2.75) is 71.1 Å². The normalized spacial score (nSPS) is 14.4. The maximum absolute atomic E-state index is 13.2. The van der Waals surface area contributed by atoms with Crippen molar-refractivity contribution in [3.05, 3.63) is 29.8 Å². The summed E-state index contributed by atoms with van der Waals surface area (Å²) < 4.78 is 0. The maximum atomic E-state index is 13.2. The Morgan fingerprint density at radius 3 is 1.86 bits per heavy atom.